The number of aldehydes is 1. The molecule has 0 amide bonds. The first-order valence-corrected chi connectivity index (χ1v) is 5.35. The number of ether oxygens (including phenoxy) is 1. The van der Waals surface area contributed by atoms with Gasteiger partial charge in [-0.05, 0) is 43.5 Å². The van der Waals surface area contributed by atoms with Gasteiger partial charge in [-0.3, -0.25) is 9.59 Å². The molecule has 0 saturated carbocycles. The van der Waals surface area contributed by atoms with Gasteiger partial charge in [0.1, 0.15) is 12.0 Å². The number of carbonyl (C=O) groups is 2. The third-order valence-corrected chi connectivity index (χ3v) is 2.37. The van der Waals surface area contributed by atoms with Crippen LogP contribution in [0.5, 0.6) is 5.75 Å². The summed E-state index contributed by atoms with van der Waals surface area (Å²) in [5.74, 6) is 0.311. The van der Waals surface area contributed by atoms with Crippen molar-refractivity contribution in [3.63, 3.8) is 0 Å². The minimum Gasteiger partial charge on any atom is -0.426 e. The lowest BCUT2D eigenvalue weighted by molar-refractivity contribution is -0.134. The highest BCUT2D eigenvalue weighted by Gasteiger charge is 2.08. The van der Waals surface area contributed by atoms with Crippen LogP contribution in [0.3, 0.4) is 0 Å². The minimum atomic E-state index is -0.233. The molecule has 1 aromatic carbocycles. The highest BCUT2D eigenvalue weighted by molar-refractivity contribution is 5.79. The Morgan fingerprint density at radius 1 is 1.31 bits per heavy atom. The van der Waals surface area contributed by atoms with Gasteiger partial charge in [0.15, 0.2) is 0 Å². The molecule has 0 aliphatic rings. The number of benzene rings is 1. The van der Waals surface area contributed by atoms with Crippen LogP contribution < -0.4 is 4.74 Å². The van der Waals surface area contributed by atoms with E-state index in [1.165, 1.54) is 0 Å². The number of hydrogen-bond donors (Lipinski definition) is 0. The SMILES string of the molecule is CCCC(=O)Oc1cc(C)c(C=O)cc1C. The second-order valence-electron chi connectivity index (χ2n) is 3.82. The molecule has 0 radical (unpaired) electrons. The van der Waals surface area contributed by atoms with Crippen LogP contribution in [0.25, 0.3) is 0 Å². The van der Waals surface area contributed by atoms with Gasteiger partial charge in [-0.1, -0.05) is 6.92 Å². The second kappa shape index (κ2) is 5.45. The first kappa shape index (κ1) is 12.4. The number of rotatable bonds is 4. The first-order chi connectivity index (χ1) is 7.58. The number of esters is 1. The molecule has 3 nitrogen and oxygen atoms in total. The van der Waals surface area contributed by atoms with Gasteiger partial charge in [0.2, 0.25) is 0 Å². The van der Waals surface area contributed by atoms with E-state index in [0.717, 1.165) is 23.8 Å². The van der Waals surface area contributed by atoms with Gasteiger partial charge < -0.3 is 4.74 Å². The van der Waals surface area contributed by atoms with E-state index < -0.39 is 0 Å². The number of aryl methyl sites for hydroxylation is 2. The minimum absolute atomic E-state index is 0.233. The van der Waals surface area contributed by atoms with E-state index in [1.54, 1.807) is 12.1 Å². The Kier molecular flexibility index (Phi) is 4.23. The number of carbonyl (C=O) groups excluding carboxylic acids is 2. The Hall–Kier alpha value is -1.64. The van der Waals surface area contributed by atoms with Crippen LogP contribution >= 0.6 is 0 Å². The molecular formula is C13H16O3. The summed E-state index contributed by atoms with van der Waals surface area (Å²) in [6.45, 7) is 5.57. The quantitative estimate of drug-likeness (QED) is 0.445. The molecule has 1 aromatic rings. The molecule has 3 heteroatoms. The normalized spacial score (nSPS) is 9.94. The van der Waals surface area contributed by atoms with Crippen LogP contribution in [0, 0.1) is 13.8 Å². The van der Waals surface area contributed by atoms with Gasteiger partial charge in [0.25, 0.3) is 0 Å². The topological polar surface area (TPSA) is 43.4 Å². The Balaban J connectivity index is 2.93. The van der Waals surface area contributed by atoms with E-state index in [0.29, 0.717) is 17.7 Å². The average Bonchev–Trinajstić information content (AvgIpc) is 2.23. The summed E-state index contributed by atoms with van der Waals surface area (Å²) in [6.07, 6.45) is 1.98. The Morgan fingerprint density at radius 2 is 2.00 bits per heavy atom. The van der Waals surface area contributed by atoms with Crippen molar-refractivity contribution < 1.29 is 14.3 Å². The third kappa shape index (κ3) is 2.92. The van der Waals surface area contributed by atoms with E-state index in [4.69, 9.17) is 4.74 Å². The highest BCUT2D eigenvalue weighted by atomic mass is 16.5. The molecular weight excluding hydrogens is 204 g/mol. The molecule has 1 rings (SSSR count). The average molecular weight is 220 g/mol. The molecule has 0 fully saturated rings. The predicted molar refractivity (Wildman–Crippen MR) is 61.8 cm³/mol. The maximum absolute atomic E-state index is 11.3. The summed E-state index contributed by atoms with van der Waals surface area (Å²) >= 11 is 0. The van der Waals surface area contributed by atoms with Crippen LogP contribution in [-0.4, -0.2) is 12.3 Å². The van der Waals surface area contributed by atoms with Crippen molar-refractivity contribution >= 4 is 12.3 Å². The van der Waals surface area contributed by atoms with Crippen LogP contribution in [0.4, 0.5) is 0 Å². The van der Waals surface area contributed by atoms with Crippen molar-refractivity contribution in [2.75, 3.05) is 0 Å². The van der Waals surface area contributed by atoms with Crippen LogP contribution in [0.15, 0.2) is 12.1 Å². The summed E-state index contributed by atoms with van der Waals surface area (Å²) in [4.78, 5) is 22.0. The van der Waals surface area contributed by atoms with Crippen molar-refractivity contribution in [2.24, 2.45) is 0 Å². The Labute approximate surface area is 95.4 Å². The van der Waals surface area contributed by atoms with E-state index in [-0.39, 0.29) is 5.97 Å². The van der Waals surface area contributed by atoms with Crippen molar-refractivity contribution in [1.29, 1.82) is 0 Å². The van der Waals surface area contributed by atoms with Crippen molar-refractivity contribution in [3.8, 4) is 5.75 Å². The molecule has 16 heavy (non-hydrogen) atoms. The molecule has 0 atom stereocenters. The fourth-order valence-electron chi connectivity index (χ4n) is 1.43. The Morgan fingerprint density at radius 3 is 2.56 bits per heavy atom. The lowest BCUT2D eigenvalue weighted by Crippen LogP contribution is -2.08. The summed E-state index contributed by atoms with van der Waals surface area (Å²) in [5, 5.41) is 0. The zero-order chi connectivity index (χ0) is 12.1. The molecule has 0 spiro atoms. The molecule has 0 aliphatic heterocycles. The van der Waals surface area contributed by atoms with E-state index in [9.17, 15) is 9.59 Å². The summed E-state index contributed by atoms with van der Waals surface area (Å²) < 4.78 is 5.21. The van der Waals surface area contributed by atoms with Gasteiger partial charge in [-0.15, -0.1) is 0 Å². The maximum atomic E-state index is 11.3. The molecule has 86 valence electrons. The molecule has 0 heterocycles. The van der Waals surface area contributed by atoms with Crippen molar-refractivity contribution in [3.05, 3.63) is 28.8 Å². The maximum Gasteiger partial charge on any atom is 0.311 e. The molecule has 0 saturated heterocycles. The van der Waals surface area contributed by atoms with Gasteiger partial charge in [0, 0.05) is 12.0 Å². The fraction of sp³-hybridized carbons (Fsp3) is 0.385. The van der Waals surface area contributed by atoms with Gasteiger partial charge in [0.05, 0.1) is 0 Å². The molecule has 0 aliphatic carbocycles. The lowest BCUT2D eigenvalue weighted by Gasteiger charge is -2.09. The van der Waals surface area contributed by atoms with Crippen molar-refractivity contribution in [1.82, 2.24) is 0 Å². The van der Waals surface area contributed by atoms with Crippen LogP contribution in [-0.2, 0) is 4.79 Å². The fourth-order valence-corrected chi connectivity index (χ4v) is 1.43. The number of hydrogen-bond acceptors (Lipinski definition) is 3. The summed E-state index contributed by atoms with van der Waals surface area (Å²) in [7, 11) is 0. The first-order valence-electron chi connectivity index (χ1n) is 5.35. The molecule has 0 bridgehead atoms. The van der Waals surface area contributed by atoms with Gasteiger partial charge in [-0.25, -0.2) is 0 Å². The van der Waals surface area contributed by atoms with E-state index >= 15 is 0 Å². The largest absolute Gasteiger partial charge is 0.426 e. The smallest absolute Gasteiger partial charge is 0.311 e. The zero-order valence-corrected chi connectivity index (χ0v) is 9.87. The monoisotopic (exact) mass is 220 g/mol. The predicted octanol–water partition coefficient (Wildman–Crippen LogP) is 2.82. The molecule has 0 unspecified atom stereocenters. The standard InChI is InChI=1S/C13H16O3/c1-4-5-13(15)16-12-7-9(2)11(8-14)6-10(12)3/h6-8H,4-5H2,1-3H3. The van der Waals surface area contributed by atoms with Crippen LogP contribution in [0.1, 0.15) is 41.3 Å². The van der Waals surface area contributed by atoms with E-state index in [1.807, 2.05) is 20.8 Å². The molecule has 0 N–H and O–H groups in total. The summed E-state index contributed by atoms with van der Waals surface area (Å²) in [6, 6.07) is 3.46. The lowest BCUT2D eigenvalue weighted by atomic mass is 10.1. The van der Waals surface area contributed by atoms with Crippen molar-refractivity contribution in [2.45, 2.75) is 33.6 Å². The van der Waals surface area contributed by atoms with Crippen LogP contribution in [0.2, 0.25) is 0 Å². The van der Waals surface area contributed by atoms with Gasteiger partial charge >= 0.3 is 5.97 Å². The summed E-state index contributed by atoms with van der Waals surface area (Å²) in [5.41, 5.74) is 2.25. The zero-order valence-electron chi connectivity index (χ0n) is 9.87. The molecule has 0 aromatic heterocycles. The highest BCUT2D eigenvalue weighted by Crippen LogP contribution is 2.22. The van der Waals surface area contributed by atoms with E-state index in [2.05, 4.69) is 0 Å². The second-order valence-corrected chi connectivity index (χ2v) is 3.82. The van der Waals surface area contributed by atoms with Gasteiger partial charge in [-0.2, -0.15) is 0 Å². The Bertz CT molecular complexity index is 408. The third-order valence-electron chi connectivity index (χ3n) is 2.37.